The molecule has 3 heterocycles. The van der Waals surface area contributed by atoms with Gasteiger partial charge in [-0.05, 0) is 38.5 Å². The average molecular weight is 372 g/mol. The Morgan fingerprint density at radius 2 is 1.93 bits per heavy atom. The third-order valence-electron chi connectivity index (χ3n) is 5.73. The van der Waals surface area contributed by atoms with Crippen molar-refractivity contribution in [2.24, 2.45) is 11.8 Å². The molecular formula is C19H28N6O2. The number of aromatic nitrogens is 2. The fraction of sp³-hybridized carbons (Fsp3) is 0.684. The second-order valence-corrected chi connectivity index (χ2v) is 7.80. The van der Waals surface area contributed by atoms with Gasteiger partial charge in [-0.2, -0.15) is 10.4 Å². The molecule has 2 aliphatic heterocycles. The summed E-state index contributed by atoms with van der Waals surface area (Å²) in [6.45, 7) is 6.79. The van der Waals surface area contributed by atoms with Gasteiger partial charge in [0.15, 0.2) is 0 Å². The van der Waals surface area contributed by atoms with Gasteiger partial charge in [0.1, 0.15) is 24.0 Å². The maximum absolute atomic E-state index is 12.7. The Bertz CT molecular complexity index is 757. The molecular weight excluding hydrogens is 344 g/mol. The van der Waals surface area contributed by atoms with E-state index in [1.807, 2.05) is 11.0 Å². The first-order chi connectivity index (χ1) is 12.9. The SMILES string of the molecule is Cc1nn(CC(=O)N2CCC(C(=O)N3CCCC(C)C3)CC2)c(N)c1C#N. The van der Waals surface area contributed by atoms with Crippen LogP contribution in [0, 0.1) is 30.1 Å². The number of nitriles is 1. The van der Waals surface area contributed by atoms with Crippen LogP contribution in [0.15, 0.2) is 0 Å². The van der Waals surface area contributed by atoms with Crippen LogP contribution in [0.5, 0.6) is 0 Å². The zero-order valence-corrected chi connectivity index (χ0v) is 16.1. The number of hydrogen-bond acceptors (Lipinski definition) is 5. The molecule has 1 unspecified atom stereocenters. The molecule has 0 radical (unpaired) electrons. The fourth-order valence-electron chi connectivity index (χ4n) is 4.11. The first-order valence-electron chi connectivity index (χ1n) is 9.70. The average Bonchev–Trinajstić information content (AvgIpc) is 2.93. The third kappa shape index (κ3) is 4.07. The standard InChI is InChI=1S/C19H28N6O2/c1-13-4-3-7-24(11-13)19(27)15-5-8-23(9-6-15)17(26)12-25-18(21)16(10-20)14(2)22-25/h13,15H,3-9,11-12,21H2,1-2H3. The summed E-state index contributed by atoms with van der Waals surface area (Å²) < 4.78 is 1.39. The summed E-state index contributed by atoms with van der Waals surface area (Å²) in [6.07, 6.45) is 3.68. The highest BCUT2D eigenvalue weighted by molar-refractivity contribution is 5.80. The zero-order valence-electron chi connectivity index (χ0n) is 16.1. The van der Waals surface area contributed by atoms with Crippen LogP contribution in [0.4, 0.5) is 5.82 Å². The lowest BCUT2D eigenvalue weighted by Crippen LogP contribution is -2.47. The van der Waals surface area contributed by atoms with E-state index in [-0.39, 0.29) is 30.1 Å². The highest BCUT2D eigenvalue weighted by Crippen LogP contribution is 2.24. The summed E-state index contributed by atoms with van der Waals surface area (Å²) in [5.74, 6) is 0.991. The number of amides is 2. The molecule has 0 bridgehead atoms. The van der Waals surface area contributed by atoms with Gasteiger partial charge >= 0.3 is 0 Å². The number of carbonyl (C=O) groups excluding carboxylic acids is 2. The van der Waals surface area contributed by atoms with Crippen molar-refractivity contribution in [2.75, 3.05) is 31.9 Å². The van der Waals surface area contributed by atoms with Gasteiger partial charge in [-0.15, -0.1) is 0 Å². The smallest absolute Gasteiger partial charge is 0.244 e. The van der Waals surface area contributed by atoms with Gasteiger partial charge in [0.25, 0.3) is 0 Å². The van der Waals surface area contributed by atoms with Crippen molar-refractivity contribution in [2.45, 2.75) is 46.1 Å². The van der Waals surface area contributed by atoms with Gasteiger partial charge in [0, 0.05) is 32.1 Å². The fourth-order valence-corrected chi connectivity index (χ4v) is 4.11. The van der Waals surface area contributed by atoms with E-state index < -0.39 is 0 Å². The quantitative estimate of drug-likeness (QED) is 0.856. The Hall–Kier alpha value is -2.56. The van der Waals surface area contributed by atoms with Crippen LogP contribution in [0.3, 0.4) is 0 Å². The Kier molecular flexibility index (Phi) is 5.68. The zero-order chi connectivity index (χ0) is 19.6. The molecule has 8 nitrogen and oxygen atoms in total. The van der Waals surface area contributed by atoms with Crippen LogP contribution < -0.4 is 5.73 Å². The van der Waals surface area contributed by atoms with Gasteiger partial charge in [-0.25, -0.2) is 4.68 Å². The van der Waals surface area contributed by atoms with E-state index in [4.69, 9.17) is 11.0 Å². The van der Waals surface area contributed by atoms with Crippen LogP contribution in [0.25, 0.3) is 0 Å². The lowest BCUT2D eigenvalue weighted by atomic mass is 9.92. The maximum atomic E-state index is 12.7. The number of aryl methyl sites for hydroxylation is 1. The second-order valence-electron chi connectivity index (χ2n) is 7.80. The van der Waals surface area contributed by atoms with Gasteiger partial charge in [-0.3, -0.25) is 9.59 Å². The van der Waals surface area contributed by atoms with Gasteiger partial charge in [0.2, 0.25) is 11.8 Å². The minimum Gasteiger partial charge on any atom is -0.383 e. The van der Waals surface area contributed by atoms with Crippen molar-refractivity contribution < 1.29 is 9.59 Å². The largest absolute Gasteiger partial charge is 0.383 e. The topological polar surface area (TPSA) is 108 Å². The summed E-state index contributed by atoms with van der Waals surface area (Å²) in [6, 6.07) is 2.01. The molecule has 1 atom stereocenters. The molecule has 3 rings (SSSR count). The van der Waals surface area contributed by atoms with Crippen LogP contribution in [-0.2, 0) is 16.1 Å². The number of nitrogens with two attached hydrogens (primary N) is 1. The number of nitrogens with zero attached hydrogens (tertiary/aromatic N) is 5. The van der Waals surface area contributed by atoms with Crippen molar-refractivity contribution in [1.29, 1.82) is 5.26 Å². The summed E-state index contributed by atoms with van der Waals surface area (Å²) in [7, 11) is 0. The number of piperidine rings is 2. The first-order valence-corrected chi connectivity index (χ1v) is 9.70. The van der Waals surface area contributed by atoms with E-state index in [0.717, 1.165) is 19.5 Å². The Morgan fingerprint density at radius 1 is 1.22 bits per heavy atom. The van der Waals surface area contributed by atoms with E-state index in [1.54, 1.807) is 11.8 Å². The molecule has 0 aromatic carbocycles. The minimum atomic E-state index is -0.0776. The van der Waals surface area contributed by atoms with Gasteiger partial charge < -0.3 is 15.5 Å². The molecule has 2 fully saturated rings. The van der Waals surface area contributed by atoms with E-state index in [9.17, 15) is 9.59 Å². The molecule has 1 aromatic rings. The molecule has 2 amide bonds. The van der Waals surface area contributed by atoms with Crippen molar-refractivity contribution in [1.82, 2.24) is 19.6 Å². The maximum Gasteiger partial charge on any atom is 0.244 e. The van der Waals surface area contributed by atoms with E-state index in [2.05, 4.69) is 12.0 Å². The lowest BCUT2D eigenvalue weighted by Gasteiger charge is -2.37. The molecule has 2 saturated heterocycles. The molecule has 146 valence electrons. The number of rotatable bonds is 3. The molecule has 1 aromatic heterocycles. The summed E-state index contributed by atoms with van der Waals surface area (Å²) in [5, 5.41) is 13.3. The van der Waals surface area contributed by atoms with Crippen LogP contribution in [0.1, 0.15) is 43.9 Å². The predicted octanol–water partition coefficient (Wildman–Crippen LogP) is 1.14. The molecule has 0 spiro atoms. The van der Waals surface area contributed by atoms with Gasteiger partial charge in [0.05, 0.1) is 5.69 Å². The first kappa shape index (κ1) is 19.2. The number of anilines is 1. The Labute approximate surface area is 159 Å². The number of carbonyl (C=O) groups is 2. The van der Waals surface area contributed by atoms with Crippen molar-refractivity contribution in [3.05, 3.63) is 11.3 Å². The summed E-state index contributed by atoms with van der Waals surface area (Å²) in [5.41, 5.74) is 6.76. The Morgan fingerprint density at radius 3 is 2.52 bits per heavy atom. The highest BCUT2D eigenvalue weighted by atomic mass is 16.2. The number of hydrogen-bond donors (Lipinski definition) is 1. The minimum absolute atomic E-state index is 0.0153. The summed E-state index contributed by atoms with van der Waals surface area (Å²) >= 11 is 0. The third-order valence-corrected chi connectivity index (χ3v) is 5.73. The van der Waals surface area contributed by atoms with Crippen molar-refractivity contribution >= 4 is 17.6 Å². The van der Waals surface area contributed by atoms with E-state index in [1.165, 1.54) is 11.1 Å². The number of nitrogen functional groups attached to an aromatic ring is 1. The lowest BCUT2D eigenvalue weighted by molar-refractivity contribution is -0.142. The van der Waals surface area contributed by atoms with Crippen LogP contribution in [-0.4, -0.2) is 57.6 Å². The van der Waals surface area contributed by atoms with Gasteiger partial charge in [-0.1, -0.05) is 6.92 Å². The van der Waals surface area contributed by atoms with Crippen LogP contribution >= 0.6 is 0 Å². The summed E-state index contributed by atoms with van der Waals surface area (Å²) in [4.78, 5) is 29.1. The molecule has 2 N–H and O–H groups in total. The predicted molar refractivity (Wildman–Crippen MR) is 100 cm³/mol. The molecule has 2 aliphatic rings. The normalized spacial score (nSPS) is 21.1. The van der Waals surface area contributed by atoms with E-state index in [0.29, 0.717) is 43.1 Å². The Balaban J connectivity index is 1.54. The van der Waals surface area contributed by atoms with Crippen molar-refractivity contribution in [3.8, 4) is 6.07 Å². The van der Waals surface area contributed by atoms with E-state index >= 15 is 0 Å². The van der Waals surface area contributed by atoms with Crippen LogP contribution in [0.2, 0.25) is 0 Å². The molecule has 0 saturated carbocycles. The molecule has 8 heteroatoms. The monoisotopic (exact) mass is 372 g/mol. The van der Waals surface area contributed by atoms with Crippen molar-refractivity contribution in [3.63, 3.8) is 0 Å². The highest BCUT2D eigenvalue weighted by Gasteiger charge is 2.32. The second kappa shape index (κ2) is 7.99. The molecule has 27 heavy (non-hydrogen) atoms. The number of likely N-dealkylation sites (tertiary alicyclic amines) is 2. The molecule has 0 aliphatic carbocycles.